The second kappa shape index (κ2) is 6.75. The topological polar surface area (TPSA) is 65.1 Å². The van der Waals surface area contributed by atoms with Crippen molar-refractivity contribution in [2.45, 2.75) is 57.5 Å². The molecular weight excluding hydrogens is 288 g/mol. The molecule has 0 aliphatic heterocycles. The summed E-state index contributed by atoms with van der Waals surface area (Å²) < 4.78 is 0. The number of H-pyrrole nitrogens is 1. The first-order valence-corrected chi connectivity index (χ1v) is 8.63. The molecule has 3 rings (SSSR count). The molecule has 0 bridgehead atoms. The van der Waals surface area contributed by atoms with Gasteiger partial charge in [0.15, 0.2) is 0 Å². The second-order valence-electron chi connectivity index (χ2n) is 6.87. The molecule has 124 valence electrons. The van der Waals surface area contributed by atoms with Gasteiger partial charge in [-0.05, 0) is 31.4 Å². The summed E-state index contributed by atoms with van der Waals surface area (Å²) >= 11 is 0. The van der Waals surface area contributed by atoms with Crippen molar-refractivity contribution in [3.8, 4) is 0 Å². The minimum absolute atomic E-state index is 0.0180. The van der Waals surface area contributed by atoms with Gasteiger partial charge in [0, 0.05) is 23.1 Å². The fourth-order valence-electron chi connectivity index (χ4n) is 3.61. The fourth-order valence-corrected chi connectivity index (χ4v) is 3.61. The Labute approximate surface area is 137 Å². The van der Waals surface area contributed by atoms with E-state index in [1.165, 1.54) is 12.8 Å². The molecule has 2 aromatic rings. The van der Waals surface area contributed by atoms with Crippen molar-refractivity contribution in [3.63, 3.8) is 0 Å². The molecule has 0 radical (unpaired) electrons. The maximum atomic E-state index is 12.3. The average Bonchev–Trinajstić information content (AvgIpc) is 2.71. The Balaban J connectivity index is 1.63. The van der Waals surface area contributed by atoms with E-state index in [9.17, 15) is 9.90 Å². The Kier molecular flexibility index (Phi) is 4.71. The molecule has 1 aliphatic rings. The van der Waals surface area contributed by atoms with E-state index in [0.717, 1.165) is 47.8 Å². The normalized spacial score (nSPS) is 17.8. The highest BCUT2D eigenvalue weighted by Crippen LogP contribution is 2.26. The van der Waals surface area contributed by atoms with Gasteiger partial charge in [-0.3, -0.25) is 4.79 Å². The number of hydrogen-bond donors (Lipinski definition) is 3. The molecule has 0 unspecified atom stereocenters. The highest BCUT2D eigenvalue weighted by Gasteiger charge is 2.28. The van der Waals surface area contributed by atoms with E-state index in [2.05, 4.69) is 10.3 Å². The van der Waals surface area contributed by atoms with Crippen LogP contribution in [-0.4, -0.2) is 28.1 Å². The van der Waals surface area contributed by atoms with Gasteiger partial charge in [0.05, 0.1) is 12.0 Å². The van der Waals surface area contributed by atoms with Crippen molar-refractivity contribution >= 4 is 16.8 Å². The number of nitrogens with one attached hydrogen (secondary N) is 2. The largest absolute Gasteiger partial charge is 0.388 e. The first-order chi connectivity index (χ1) is 11.1. The van der Waals surface area contributed by atoms with Gasteiger partial charge < -0.3 is 15.4 Å². The van der Waals surface area contributed by atoms with Crippen LogP contribution < -0.4 is 5.32 Å². The Morgan fingerprint density at radius 2 is 1.91 bits per heavy atom. The van der Waals surface area contributed by atoms with Crippen LogP contribution in [0.1, 0.15) is 49.8 Å². The predicted octanol–water partition coefficient (Wildman–Crippen LogP) is 3.22. The number of rotatable bonds is 4. The number of aliphatic hydroxyl groups is 1. The SMILES string of the molecule is Cc1[nH]c2ccccc2c1CC(=O)NCC1(O)CCCCCC1. The summed E-state index contributed by atoms with van der Waals surface area (Å²) in [4.78, 5) is 15.7. The molecule has 4 heteroatoms. The van der Waals surface area contributed by atoms with Crippen molar-refractivity contribution in [1.29, 1.82) is 0 Å². The summed E-state index contributed by atoms with van der Waals surface area (Å²) in [5.74, 6) is -0.0180. The van der Waals surface area contributed by atoms with E-state index >= 15 is 0 Å². The molecule has 1 aliphatic carbocycles. The molecule has 3 N–H and O–H groups in total. The van der Waals surface area contributed by atoms with E-state index in [1.54, 1.807) is 0 Å². The molecule has 4 nitrogen and oxygen atoms in total. The minimum atomic E-state index is -0.721. The number of benzene rings is 1. The van der Waals surface area contributed by atoms with E-state index in [1.807, 2.05) is 31.2 Å². The molecule has 1 amide bonds. The lowest BCUT2D eigenvalue weighted by Gasteiger charge is -2.26. The van der Waals surface area contributed by atoms with Crippen LogP contribution in [0.2, 0.25) is 0 Å². The zero-order valence-electron chi connectivity index (χ0n) is 13.8. The van der Waals surface area contributed by atoms with Crippen molar-refractivity contribution in [2.24, 2.45) is 0 Å². The number of carbonyl (C=O) groups excluding carboxylic acids is 1. The fraction of sp³-hybridized carbons (Fsp3) is 0.526. The zero-order valence-corrected chi connectivity index (χ0v) is 13.8. The predicted molar refractivity (Wildman–Crippen MR) is 92.4 cm³/mol. The van der Waals surface area contributed by atoms with Crippen molar-refractivity contribution in [2.75, 3.05) is 6.54 Å². The van der Waals surface area contributed by atoms with Gasteiger partial charge in [0.25, 0.3) is 0 Å². The zero-order chi connectivity index (χ0) is 16.3. The molecule has 23 heavy (non-hydrogen) atoms. The third-order valence-corrected chi connectivity index (χ3v) is 5.01. The van der Waals surface area contributed by atoms with Gasteiger partial charge in [-0.25, -0.2) is 0 Å². The number of para-hydroxylation sites is 1. The maximum Gasteiger partial charge on any atom is 0.224 e. The van der Waals surface area contributed by atoms with E-state index < -0.39 is 5.60 Å². The smallest absolute Gasteiger partial charge is 0.224 e. The second-order valence-corrected chi connectivity index (χ2v) is 6.87. The van der Waals surface area contributed by atoms with Crippen LogP contribution in [0.4, 0.5) is 0 Å². The summed E-state index contributed by atoms with van der Waals surface area (Å²) in [6, 6.07) is 8.05. The third kappa shape index (κ3) is 3.75. The van der Waals surface area contributed by atoms with Gasteiger partial charge in [-0.15, -0.1) is 0 Å². The Bertz CT molecular complexity index is 682. The molecule has 0 saturated heterocycles. The molecule has 1 fully saturated rings. The first kappa shape index (κ1) is 16.1. The summed E-state index contributed by atoms with van der Waals surface area (Å²) in [6.45, 7) is 2.37. The maximum absolute atomic E-state index is 12.3. The molecule has 0 atom stereocenters. The van der Waals surface area contributed by atoms with E-state index in [0.29, 0.717) is 13.0 Å². The number of aromatic amines is 1. The first-order valence-electron chi connectivity index (χ1n) is 8.63. The number of fused-ring (bicyclic) bond motifs is 1. The van der Waals surface area contributed by atoms with Crippen LogP contribution in [0, 0.1) is 6.92 Å². The van der Waals surface area contributed by atoms with Gasteiger partial charge in [0.2, 0.25) is 5.91 Å². The lowest BCUT2D eigenvalue weighted by Crippen LogP contribution is -2.43. The van der Waals surface area contributed by atoms with Crippen LogP contribution in [0.5, 0.6) is 0 Å². The summed E-state index contributed by atoms with van der Waals surface area (Å²) in [5.41, 5.74) is 2.43. The van der Waals surface area contributed by atoms with Crippen LogP contribution >= 0.6 is 0 Å². The highest BCUT2D eigenvalue weighted by molar-refractivity contribution is 5.90. The van der Waals surface area contributed by atoms with Crippen molar-refractivity contribution in [1.82, 2.24) is 10.3 Å². The van der Waals surface area contributed by atoms with Crippen molar-refractivity contribution < 1.29 is 9.90 Å². The Morgan fingerprint density at radius 1 is 1.22 bits per heavy atom. The molecule has 1 aromatic heterocycles. The third-order valence-electron chi connectivity index (χ3n) is 5.01. The van der Waals surface area contributed by atoms with Crippen LogP contribution in [0.15, 0.2) is 24.3 Å². The lowest BCUT2D eigenvalue weighted by atomic mass is 9.94. The van der Waals surface area contributed by atoms with Gasteiger partial charge in [0.1, 0.15) is 0 Å². The van der Waals surface area contributed by atoms with E-state index in [4.69, 9.17) is 0 Å². The lowest BCUT2D eigenvalue weighted by molar-refractivity contribution is -0.121. The van der Waals surface area contributed by atoms with Gasteiger partial charge in [-0.1, -0.05) is 43.9 Å². The monoisotopic (exact) mass is 314 g/mol. The van der Waals surface area contributed by atoms with Gasteiger partial charge >= 0.3 is 0 Å². The highest BCUT2D eigenvalue weighted by atomic mass is 16.3. The summed E-state index contributed by atoms with van der Waals surface area (Å²) in [6.07, 6.45) is 6.40. The Hall–Kier alpha value is -1.81. The summed E-state index contributed by atoms with van der Waals surface area (Å²) in [7, 11) is 0. The standard InChI is InChI=1S/C19H26N2O2/c1-14-16(15-8-4-5-9-17(15)21-14)12-18(22)20-13-19(23)10-6-2-3-7-11-19/h4-5,8-9,21,23H,2-3,6-7,10-13H2,1H3,(H,20,22). The van der Waals surface area contributed by atoms with E-state index in [-0.39, 0.29) is 5.91 Å². The van der Waals surface area contributed by atoms with Crippen molar-refractivity contribution in [3.05, 3.63) is 35.5 Å². The number of amides is 1. The molecule has 1 heterocycles. The molecular formula is C19H26N2O2. The summed E-state index contributed by atoms with van der Waals surface area (Å²) in [5, 5.41) is 14.7. The Morgan fingerprint density at radius 3 is 2.65 bits per heavy atom. The molecule has 1 aromatic carbocycles. The quantitative estimate of drug-likeness (QED) is 0.759. The van der Waals surface area contributed by atoms with Gasteiger partial charge in [-0.2, -0.15) is 0 Å². The average molecular weight is 314 g/mol. The van der Waals surface area contributed by atoms with Crippen LogP contribution in [0.25, 0.3) is 10.9 Å². The number of aryl methyl sites for hydroxylation is 1. The molecule has 0 spiro atoms. The minimum Gasteiger partial charge on any atom is -0.388 e. The van der Waals surface area contributed by atoms with Crippen LogP contribution in [0.3, 0.4) is 0 Å². The molecule has 1 saturated carbocycles. The van der Waals surface area contributed by atoms with Crippen LogP contribution in [-0.2, 0) is 11.2 Å². The number of aromatic nitrogens is 1. The number of carbonyl (C=O) groups is 1. The number of hydrogen-bond acceptors (Lipinski definition) is 2.